The number of ketones is 1. The minimum absolute atomic E-state index is 0.0289. The van der Waals surface area contributed by atoms with Gasteiger partial charge in [0.15, 0.2) is 5.78 Å². The Morgan fingerprint density at radius 1 is 1.53 bits per heavy atom. The highest BCUT2D eigenvalue weighted by Crippen LogP contribution is 2.18. The van der Waals surface area contributed by atoms with Gasteiger partial charge in [-0.25, -0.2) is 0 Å². The third kappa shape index (κ3) is 3.05. The molecular weight excluding hydrogens is 210 g/mol. The van der Waals surface area contributed by atoms with Gasteiger partial charge in [0.1, 0.15) is 0 Å². The molecule has 0 spiro atoms. The number of hydrogen-bond acceptors (Lipinski definition) is 2. The van der Waals surface area contributed by atoms with Crippen molar-refractivity contribution in [2.45, 2.75) is 32.7 Å². The monoisotopic (exact) mass is 225 g/mol. The smallest absolute Gasteiger partial charge is 0.179 e. The fourth-order valence-corrected chi connectivity index (χ4v) is 1.58. The first-order chi connectivity index (χ1) is 7.06. The molecule has 2 N–H and O–H groups in total. The normalized spacial score (nSPS) is 12.5. The fraction of sp³-hybridized carbons (Fsp3) is 0.417. The van der Waals surface area contributed by atoms with Crippen LogP contribution in [0.3, 0.4) is 0 Å². The van der Waals surface area contributed by atoms with Gasteiger partial charge in [0.2, 0.25) is 0 Å². The Kier molecular flexibility index (Phi) is 4.30. The summed E-state index contributed by atoms with van der Waals surface area (Å²) in [5.74, 6) is -0.0289. The summed E-state index contributed by atoms with van der Waals surface area (Å²) in [7, 11) is 0. The Labute approximate surface area is 95.4 Å². The van der Waals surface area contributed by atoms with Crippen LogP contribution in [0.2, 0.25) is 5.02 Å². The lowest BCUT2D eigenvalue weighted by Crippen LogP contribution is -2.30. The number of aryl methyl sites for hydroxylation is 1. The molecule has 0 aliphatic heterocycles. The molecule has 0 aliphatic carbocycles. The van der Waals surface area contributed by atoms with Crippen LogP contribution in [0.25, 0.3) is 0 Å². The molecule has 82 valence electrons. The predicted octanol–water partition coefficient (Wildman–Crippen LogP) is 2.96. The molecule has 3 heteroatoms. The topological polar surface area (TPSA) is 43.1 Å². The number of hydrogen-bond donors (Lipinski definition) is 1. The van der Waals surface area contributed by atoms with Gasteiger partial charge in [-0.05, 0) is 25.0 Å². The Morgan fingerprint density at radius 3 is 2.73 bits per heavy atom. The van der Waals surface area contributed by atoms with Crippen LogP contribution >= 0.6 is 11.6 Å². The molecule has 0 aromatic heterocycles. The summed E-state index contributed by atoms with van der Waals surface area (Å²) in [6, 6.07) is 4.90. The zero-order valence-corrected chi connectivity index (χ0v) is 9.84. The van der Waals surface area contributed by atoms with Crippen molar-refractivity contribution in [3.05, 3.63) is 34.3 Å². The highest BCUT2D eigenvalue weighted by Gasteiger charge is 2.15. The minimum atomic E-state index is -0.409. The number of halogens is 1. The second kappa shape index (κ2) is 5.29. The standard InChI is InChI=1S/C12H16ClNO/c1-3-4-11(14)12(15)9-6-5-8(2)10(13)7-9/h5-7,11H,3-4,14H2,1-2H3. The van der Waals surface area contributed by atoms with E-state index in [1.54, 1.807) is 12.1 Å². The molecule has 1 rings (SSSR count). The van der Waals surface area contributed by atoms with Gasteiger partial charge < -0.3 is 5.73 Å². The van der Waals surface area contributed by atoms with E-state index >= 15 is 0 Å². The van der Waals surface area contributed by atoms with Gasteiger partial charge in [-0.2, -0.15) is 0 Å². The molecule has 0 fully saturated rings. The molecule has 1 unspecified atom stereocenters. The summed E-state index contributed by atoms with van der Waals surface area (Å²) < 4.78 is 0. The molecule has 15 heavy (non-hydrogen) atoms. The summed E-state index contributed by atoms with van der Waals surface area (Å²) in [5, 5.41) is 0.615. The average Bonchev–Trinajstić information content (AvgIpc) is 2.21. The molecule has 0 saturated heterocycles. The van der Waals surface area contributed by atoms with Crippen molar-refractivity contribution in [2.75, 3.05) is 0 Å². The summed E-state index contributed by atoms with van der Waals surface area (Å²) in [6.45, 7) is 3.91. The maximum absolute atomic E-state index is 11.8. The van der Waals surface area contributed by atoms with E-state index in [2.05, 4.69) is 0 Å². The Bertz CT molecular complexity index is 363. The zero-order valence-electron chi connectivity index (χ0n) is 9.09. The summed E-state index contributed by atoms with van der Waals surface area (Å²) in [4.78, 5) is 11.8. The lowest BCUT2D eigenvalue weighted by molar-refractivity contribution is 0.0957. The second-order valence-corrected chi connectivity index (χ2v) is 4.13. The summed E-state index contributed by atoms with van der Waals surface area (Å²) >= 11 is 5.95. The van der Waals surface area contributed by atoms with Crippen LogP contribution in [0.4, 0.5) is 0 Å². The summed E-state index contributed by atoms with van der Waals surface area (Å²) in [6.07, 6.45) is 1.62. The Morgan fingerprint density at radius 2 is 2.20 bits per heavy atom. The van der Waals surface area contributed by atoms with Crippen molar-refractivity contribution in [3.8, 4) is 0 Å². The van der Waals surface area contributed by atoms with Crippen molar-refractivity contribution in [1.29, 1.82) is 0 Å². The van der Waals surface area contributed by atoms with E-state index < -0.39 is 6.04 Å². The van der Waals surface area contributed by atoms with Gasteiger partial charge in [0.05, 0.1) is 6.04 Å². The second-order valence-electron chi connectivity index (χ2n) is 3.72. The van der Waals surface area contributed by atoms with E-state index in [1.165, 1.54) is 0 Å². The Hall–Kier alpha value is -0.860. The molecule has 1 atom stereocenters. The predicted molar refractivity (Wildman–Crippen MR) is 63.4 cm³/mol. The van der Waals surface area contributed by atoms with Crippen molar-refractivity contribution in [1.82, 2.24) is 0 Å². The lowest BCUT2D eigenvalue weighted by Gasteiger charge is -2.09. The lowest BCUT2D eigenvalue weighted by atomic mass is 10.0. The van der Waals surface area contributed by atoms with Gasteiger partial charge in [-0.15, -0.1) is 0 Å². The van der Waals surface area contributed by atoms with Crippen LogP contribution in [0.15, 0.2) is 18.2 Å². The molecule has 0 amide bonds. The maximum atomic E-state index is 11.8. The molecule has 0 radical (unpaired) electrons. The van der Waals surface area contributed by atoms with Crippen LogP contribution in [0.1, 0.15) is 35.7 Å². The van der Waals surface area contributed by atoms with Crippen LogP contribution in [0.5, 0.6) is 0 Å². The first kappa shape index (κ1) is 12.2. The number of rotatable bonds is 4. The molecule has 1 aromatic carbocycles. The molecule has 0 heterocycles. The van der Waals surface area contributed by atoms with Crippen LogP contribution in [-0.2, 0) is 0 Å². The highest BCUT2D eigenvalue weighted by atomic mass is 35.5. The molecule has 2 nitrogen and oxygen atoms in total. The SMILES string of the molecule is CCCC(N)C(=O)c1ccc(C)c(Cl)c1. The summed E-state index contributed by atoms with van der Waals surface area (Å²) in [5.41, 5.74) is 7.33. The fourth-order valence-electron chi connectivity index (χ4n) is 1.40. The molecule has 1 aromatic rings. The number of Topliss-reactive ketones (excluding diaryl/α,β-unsaturated/α-hetero) is 1. The van der Waals surface area contributed by atoms with Crippen LogP contribution < -0.4 is 5.73 Å². The number of carbonyl (C=O) groups is 1. The Balaban J connectivity index is 2.87. The minimum Gasteiger partial charge on any atom is -0.321 e. The first-order valence-electron chi connectivity index (χ1n) is 5.12. The van der Waals surface area contributed by atoms with Gasteiger partial charge in [0.25, 0.3) is 0 Å². The third-order valence-electron chi connectivity index (χ3n) is 2.39. The van der Waals surface area contributed by atoms with Gasteiger partial charge in [-0.3, -0.25) is 4.79 Å². The average molecular weight is 226 g/mol. The van der Waals surface area contributed by atoms with Crippen molar-refractivity contribution in [2.24, 2.45) is 5.73 Å². The van der Waals surface area contributed by atoms with Crippen molar-refractivity contribution in [3.63, 3.8) is 0 Å². The first-order valence-corrected chi connectivity index (χ1v) is 5.50. The van der Waals surface area contributed by atoms with E-state index in [0.717, 1.165) is 12.0 Å². The highest BCUT2D eigenvalue weighted by molar-refractivity contribution is 6.31. The van der Waals surface area contributed by atoms with Crippen molar-refractivity contribution >= 4 is 17.4 Å². The van der Waals surface area contributed by atoms with Crippen LogP contribution in [0, 0.1) is 6.92 Å². The van der Waals surface area contributed by atoms with Gasteiger partial charge >= 0.3 is 0 Å². The zero-order chi connectivity index (χ0) is 11.4. The number of nitrogens with two attached hydrogens (primary N) is 1. The van der Waals surface area contributed by atoms with Crippen molar-refractivity contribution < 1.29 is 4.79 Å². The van der Waals surface area contributed by atoms with E-state index in [9.17, 15) is 4.79 Å². The quantitative estimate of drug-likeness (QED) is 0.801. The largest absolute Gasteiger partial charge is 0.321 e. The van der Waals surface area contributed by atoms with E-state index in [0.29, 0.717) is 17.0 Å². The molecule has 0 bridgehead atoms. The van der Waals surface area contributed by atoms with Gasteiger partial charge in [-0.1, -0.05) is 37.1 Å². The number of benzene rings is 1. The van der Waals surface area contributed by atoms with E-state index in [4.69, 9.17) is 17.3 Å². The van der Waals surface area contributed by atoms with E-state index in [-0.39, 0.29) is 5.78 Å². The number of carbonyl (C=O) groups excluding carboxylic acids is 1. The molecular formula is C12H16ClNO. The maximum Gasteiger partial charge on any atom is 0.179 e. The van der Waals surface area contributed by atoms with E-state index in [1.807, 2.05) is 19.9 Å². The van der Waals surface area contributed by atoms with Gasteiger partial charge in [0, 0.05) is 10.6 Å². The molecule has 0 aliphatic rings. The third-order valence-corrected chi connectivity index (χ3v) is 2.80. The molecule has 0 saturated carbocycles. The van der Waals surface area contributed by atoms with Crippen LogP contribution in [-0.4, -0.2) is 11.8 Å².